The molecule has 2 unspecified atom stereocenters. The zero-order valence-electron chi connectivity index (χ0n) is 8.90. The molecule has 1 aliphatic heterocycles. The Labute approximate surface area is 93.1 Å². The van der Waals surface area contributed by atoms with E-state index >= 15 is 0 Å². The Bertz CT molecular complexity index is 420. The van der Waals surface area contributed by atoms with E-state index in [1.807, 2.05) is 6.92 Å². The minimum absolute atomic E-state index is 0.106. The number of carbonyl (C=O) groups is 1. The third kappa shape index (κ3) is 1.94. The molecule has 1 saturated heterocycles. The molecule has 16 heavy (non-hydrogen) atoms. The Hall–Kier alpha value is -1.75. The number of rotatable bonds is 1. The predicted molar refractivity (Wildman–Crippen MR) is 58.1 cm³/mol. The van der Waals surface area contributed by atoms with Crippen molar-refractivity contribution in [2.75, 3.05) is 6.54 Å². The van der Waals surface area contributed by atoms with E-state index < -0.39 is 6.04 Å². The van der Waals surface area contributed by atoms with E-state index in [0.717, 1.165) is 0 Å². The predicted octanol–water partition coefficient (Wildman–Crippen LogP) is 0.247. The second-order valence-corrected chi connectivity index (χ2v) is 4.00. The minimum atomic E-state index is -0.470. The van der Waals surface area contributed by atoms with Crippen LogP contribution in [0, 0.1) is 0 Å². The van der Waals surface area contributed by atoms with Gasteiger partial charge in [-0.3, -0.25) is 4.79 Å². The Kier molecular flexibility index (Phi) is 2.70. The van der Waals surface area contributed by atoms with Crippen LogP contribution in [-0.4, -0.2) is 28.7 Å². The van der Waals surface area contributed by atoms with Gasteiger partial charge in [-0.05, 0) is 24.6 Å². The van der Waals surface area contributed by atoms with Gasteiger partial charge in [0.1, 0.15) is 6.04 Å². The lowest BCUT2D eigenvalue weighted by Gasteiger charge is -2.28. The van der Waals surface area contributed by atoms with E-state index in [2.05, 4.69) is 10.6 Å². The van der Waals surface area contributed by atoms with Gasteiger partial charge >= 0.3 is 0 Å². The van der Waals surface area contributed by atoms with Gasteiger partial charge in [0.15, 0.2) is 11.5 Å². The lowest BCUT2D eigenvalue weighted by Crippen LogP contribution is -2.52. The highest BCUT2D eigenvalue weighted by molar-refractivity contribution is 5.84. The number of benzene rings is 1. The summed E-state index contributed by atoms with van der Waals surface area (Å²) in [6.45, 7) is 2.59. The van der Waals surface area contributed by atoms with Crippen LogP contribution in [0.5, 0.6) is 11.5 Å². The Morgan fingerprint density at radius 3 is 2.69 bits per heavy atom. The highest BCUT2D eigenvalue weighted by Crippen LogP contribution is 2.28. The average molecular weight is 222 g/mol. The second kappa shape index (κ2) is 4.02. The molecule has 5 nitrogen and oxygen atoms in total. The van der Waals surface area contributed by atoms with Crippen LogP contribution >= 0.6 is 0 Å². The van der Waals surface area contributed by atoms with Gasteiger partial charge in [-0.2, -0.15) is 0 Å². The fourth-order valence-corrected chi connectivity index (χ4v) is 1.75. The van der Waals surface area contributed by atoms with Gasteiger partial charge in [-0.15, -0.1) is 0 Å². The normalized spacial score (nSPS) is 25.2. The summed E-state index contributed by atoms with van der Waals surface area (Å²) >= 11 is 0. The van der Waals surface area contributed by atoms with E-state index in [0.29, 0.717) is 12.1 Å². The monoisotopic (exact) mass is 222 g/mol. The first-order chi connectivity index (χ1) is 7.58. The van der Waals surface area contributed by atoms with Gasteiger partial charge in [0.05, 0.1) is 0 Å². The van der Waals surface area contributed by atoms with Crippen LogP contribution in [0.15, 0.2) is 18.2 Å². The molecule has 0 aromatic heterocycles. The molecule has 1 fully saturated rings. The topological polar surface area (TPSA) is 81.6 Å². The van der Waals surface area contributed by atoms with Crippen LogP contribution < -0.4 is 10.6 Å². The molecule has 1 aromatic carbocycles. The molecule has 2 rings (SSSR count). The summed E-state index contributed by atoms with van der Waals surface area (Å²) in [5, 5.41) is 24.4. The van der Waals surface area contributed by atoms with Gasteiger partial charge < -0.3 is 20.8 Å². The number of hydrogen-bond donors (Lipinski definition) is 4. The molecule has 1 amide bonds. The number of nitrogens with one attached hydrogen (secondary N) is 2. The smallest absolute Gasteiger partial charge is 0.241 e. The molecule has 1 aromatic rings. The molecule has 86 valence electrons. The molecule has 0 aliphatic carbocycles. The molecule has 0 bridgehead atoms. The molecule has 4 N–H and O–H groups in total. The summed E-state index contributed by atoms with van der Waals surface area (Å²) in [5.74, 6) is -0.525. The molecule has 5 heteroatoms. The molecular formula is C11H14N2O3. The molecule has 0 radical (unpaired) electrons. The third-order valence-electron chi connectivity index (χ3n) is 2.61. The van der Waals surface area contributed by atoms with Crippen molar-refractivity contribution in [2.24, 2.45) is 0 Å². The van der Waals surface area contributed by atoms with Crippen molar-refractivity contribution in [1.82, 2.24) is 10.6 Å². The summed E-state index contributed by atoms with van der Waals surface area (Å²) in [6.07, 6.45) is 0. The van der Waals surface area contributed by atoms with Crippen LogP contribution in [0.2, 0.25) is 0 Å². The van der Waals surface area contributed by atoms with Crippen molar-refractivity contribution >= 4 is 5.91 Å². The maximum Gasteiger partial charge on any atom is 0.241 e. The van der Waals surface area contributed by atoms with Gasteiger partial charge in [-0.25, -0.2) is 0 Å². The summed E-state index contributed by atoms with van der Waals surface area (Å²) in [6, 6.07) is 4.01. The maximum absolute atomic E-state index is 11.7. The lowest BCUT2D eigenvalue weighted by molar-refractivity contribution is -0.125. The maximum atomic E-state index is 11.7. The van der Waals surface area contributed by atoms with Crippen molar-refractivity contribution in [3.8, 4) is 11.5 Å². The van der Waals surface area contributed by atoms with Crippen molar-refractivity contribution < 1.29 is 15.0 Å². The zero-order chi connectivity index (χ0) is 11.7. The highest BCUT2D eigenvalue weighted by Gasteiger charge is 2.26. The largest absolute Gasteiger partial charge is 0.504 e. The number of hydrogen-bond acceptors (Lipinski definition) is 4. The van der Waals surface area contributed by atoms with Crippen molar-refractivity contribution in [3.63, 3.8) is 0 Å². The van der Waals surface area contributed by atoms with Gasteiger partial charge in [0.2, 0.25) is 5.91 Å². The number of phenolic OH excluding ortho intramolecular Hbond substituents is 2. The number of phenols is 2. The minimum Gasteiger partial charge on any atom is -0.504 e. The first-order valence-electron chi connectivity index (χ1n) is 5.13. The van der Waals surface area contributed by atoms with Crippen molar-refractivity contribution in [2.45, 2.75) is 19.0 Å². The van der Waals surface area contributed by atoms with E-state index in [1.165, 1.54) is 12.1 Å². The molecule has 1 heterocycles. The number of aromatic hydroxyl groups is 2. The first-order valence-corrected chi connectivity index (χ1v) is 5.13. The molecule has 0 saturated carbocycles. The summed E-state index contributed by atoms with van der Waals surface area (Å²) in [4.78, 5) is 11.7. The Morgan fingerprint density at radius 1 is 1.31 bits per heavy atom. The SMILES string of the molecule is CC1CNC(c2ccc(O)c(O)c2)C(=O)N1. The standard InChI is InChI=1S/C11H14N2O3/c1-6-5-12-10(11(16)13-6)7-2-3-8(14)9(15)4-7/h2-4,6,10,12,14-15H,5H2,1H3,(H,13,16). The fraction of sp³-hybridized carbons (Fsp3) is 0.364. The lowest BCUT2D eigenvalue weighted by atomic mass is 10.0. The van der Waals surface area contributed by atoms with E-state index in [1.54, 1.807) is 6.07 Å². The number of carbonyl (C=O) groups excluding carboxylic acids is 1. The first kappa shape index (κ1) is 10.8. The second-order valence-electron chi connectivity index (χ2n) is 4.00. The summed E-state index contributed by atoms with van der Waals surface area (Å²) < 4.78 is 0. The number of piperazine rings is 1. The number of amides is 1. The summed E-state index contributed by atoms with van der Waals surface area (Å²) in [7, 11) is 0. The van der Waals surface area contributed by atoms with Gasteiger partial charge in [0, 0.05) is 12.6 Å². The fourth-order valence-electron chi connectivity index (χ4n) is 1.75. The van der Waals surface area contributed by atoms with E-state index in [4.69, 9.17) is 0 Å². The quantitative estimate of drug-likeness (QED) is 0.513. The third-order valence-corrected chi connectivity index (χ3v) is 2.61. The summed E-state index contributed by atoms with van der Waals surface area (Å²) in [5.41, 5.74) is 0.639. The van der Waals surface area contributed by atoms with Crippen LogP contribution in [0.1, 0.15) is 18.5 Å². The Morgan fingerprint density at radius 2 is 2.06 bits per heavy atom. The van der Waals surface area contributed by atoms with Crippen LogP contribution in [-0.2, 0) is 4.79 Å². The molecule has 1 aliphatic rings. The van der Waals surface area contributed by atoms with Crippen molar-refractivity contribution in [1.29, 1.82) is 0 Å². The van der Waals surface area contributed by atoms with Gasteiger partial charge in [-0.1, -0.05) is 6.07 Å². The van der Waals surface area contributed by atoms with E-state index in [9.17, 15) is 15.0 Å². The molecule has 2 atom stereocenters. The van der Waals surface area contributed by atoms with Crippen LogP contribution in [0.3, 0.4) is 0 Å². The van der Waals surface area contributed by atoms with Crippen LogP contribution in [0.25, 0.3) is 0 Å². The average Bonchev–Trinajstić information content (AvgIpc) is 2.22. The Balaban J connectivity index is 2.24. The highest BCUT2D eigenvalue weighted by atomic mass is 16.3. The van der Waals surface area contributed by atoms with Crippen molar-refractivity contribution in [3.05, 3.63) is 23.8 Å². The van der Waals surface area contributed by atoms with E-state index in [-0.39, 0.29) is 23.4 Å². The molecular weight excluding hydrogens is 208 g/mol. The molecule has 0 spiro atoms. The van der Waals surface area contributed by atoms with Crippen LogP contribution in [0.4, 0.5) is 0 Å². The zero-order valence-corrected chi connectivity index (χ0v) is 8.90. The van der Waals surface area contributed by atoms with Gasteiger partial charge in [0.25, 0.3) is 0 Å².